The Labute approximate surface area is 201 Å². The fraction of sp³-hybridized carbons (Fsp3) is 0.364. The average Bonchev–Trinajstić information content (AvgIpc) is 3.30. The smallest absolute Gasteiger partial charge is 0.253 e. The molecule has 2 fully saturated rings. The number of carbonyl (C=O) groups is 1. The maximum absolute atomic E-state index is 13.0. The van der Waals surface area contributed by atoms with Gasteiger partial charge in [-0.3, -0.25) is 4.79 Å². The molecule has 33 heavy (non-hydrogen) atoms. The first-order valence-electron chi connectivity index (χ1n) is 10.7. The minimum Gasteiger partial charge on any atom is -0.379 e. The van der Waals surface area contributed by atoms with Gasteiger partial charge >= 0.3 is 0 Å². The number of morpholine rings is 1. The molecular weight excluding hydrogens is 484 g/mol. The Kier molecular flexibility index (Phi) is 6.28. The quantitative estimate of drug-likeness (QED) is 0.541. The van der Waals surface area contributed by atoms with Crippen LogP contribution in [0.5, 0.6) is 0 Å². The van der Waals surface area contributed by atoms with E-state index in [-0.39, 0.29) is 10.8 Å². The zero-order valence-corrected chi connectivity index (χ0v) is 20.2. The van der Waals surface area contributed by atoms with Crippen molar-refractivity contribution in [3.63, 3.8) is 0 Å². The summed E-state index contributed by atoms with van der Waals surface area (Å²) in [7, 11) is -3.58. The van der Waals surface area contributed by atoms with E-state index >= 15 is 0 Å². The highest BCUT2D eigenvalue weighted by atomic mass is 35.5. The number of carbonyl (C=O) groups excluding carboxylic acids is 1. The van der Waals surface area contributed by atoms with Crippen molar-refractivity contribution in [2.75, 3.05) is 57.4 Å². The fourth-order valence-electron chi connectivity index (χ4n) is 4.03. The predicted octanol–water partition coefficient (Wildman–Crippen LogP) is 2.93. The number of ether oxygens (including phenoxy) is 1. The molecule has 0 aliphatic carbocycles. The Bertz CT molecular complexity index is 1270. The van der Waals surface area contributed by atoms with Gasteiger partial charge in [0.05, 0.1) is 27.8 Å². The number of amides is 1. The van der Waals surface area contributed by atoms with E-state index in [1.165, 1.54) is 16.4 Å². The third-order valence-corrected chi connectivity index (χ3v) is 9.20. The van der Waals surface area contributed by atoms with Crippen molar-refractivity contribution in [1.82, 2.24) is 14.2 Å². The number of hydrogen-bond donors (Lipinski definition) is 0. The standard InChI is InChI=1S/C22H23ClN4O4S2/c23-18-2-1-3-19-20(18)24-22(32-19)26-10-8-25(9-11-26)21(28)16-4-6-17(7-5-16)33(29,30)27-12-14-31-15-13-27/h1-7H,8-15H2. The molecule has 0 radical (unpaired) electrons. The Balaban J connectivity index is 1.24. The molecule has 2 aliphatic heterocycles. The second kappa shape index (κ2) is 9.19. The second-order valence-corrected chi connectivity index (χ2v) is 11.3. The van der Waals surface area contributed by atoms with Crippen LogP contribution in [0.2, 0.25) is 5.02 Å². The summed E-state index contributed by atoms with van der Waals surface area (Å²) in [4.78, 5) is 21.8. The maximum atomic E-state index is 13.0. The third-order valence-electron chi connectivity index (χ3n) is 5.90. The van der Waals surface area contributed by atoms with E-state index in [1.54, 1.807) is 28.4 Å². The summed E-state index contributed by atoms with van der Waals surface area (Å²) in [6.07, 6.45) is 0. The summed E-state index contributed by atoms with van der Waals surface area (Å²) in [6, 6.07) is 12.0. The van der Waals surface area contributed by atoms with Crippen molar-refractivity contribution < 1.29 is 17.9 Å². The van der Waals surface area contributed by atoms with Crippen molar-refractivity contribution in [3.05, 3.63) is 53.1 Å². The number of piperazine rings is 1. The van der Waals surface area contributed by atoms with Crippen LogP contribution in [0.3, 0.4) is 0 Å². The largest absolute Gasteiger partial charge is 0.379 e. The third kappa shape index (κ3) is 4.45. The molecule has 1 amide bonds. The summed E-state index contributed by atoms with van der Waals surface area (Å²) >= 11 is 7.85. The maximum Gasteiger partial charge on any atom is 0.253 e. The van der Waals surface area contributed by atoms with E-state index in [9.17, 15) is 13.2 Å². The van der Waals surface area contributed by atoms with Crippen LogP contribution in [0, 0.1) is 0 Å². The number of fused-ring (bicyclic) bond motifs is 1. The lowest BCUT2D eigenvalue weighted by Crippen LogP contribution is -2.48. The highest BCUT2D eigenvalue weighted by Gasteiger charge is 2.28. The Morgan fingerprint density at radius 2 is 1.67 bits per heavy atom. The Morgan fingerprint density at radius 3 is 2.33 bits per heavy atom. The van der Waals surface area contributed by atoms with Gasteiger partial charge in [0.15, 0.2) is 5.13 Å². The number of anilines is 1. The second-order valence-electron chi connectivity index (χ2n) is 7.90. The van der Waals surface area contributed by atoms with Crippen LogP contribution in [0.1, 0.15) is 10.4 Å². The van der Waals surface area contributed by atoms with Crippen LogP contribution in [0.15, 0.2) is 47.4 Å². The van der Waals surface area contributed by atoms with Gasteiger partial charge in [0.2, 0.25) is 10.0 Å². The topological polar surface area (TPSA) is 83.0 Å². The van der Waals surface area contributed by atoms with Gasteiger partial charge in [-0.25, -0.2) is 13.4 Å². The number of halogens is 1. The first-order chi connectivity index (χ1) is 15.9. The lowest BCUT2D eigenvalue weighted by atomic mass is 10.2. The van der Waals surface area contributed by atoms with Gasteiger partial charge in [-0.1, -0.05) is 29.0 Å². The van der Waals surface area contributed by atoms with Gasteiger partial charge in [-0.15, -0.1) is 0 Å². The molecule has 0 N–H and O–H groups in total. The summed E-state index contributed by atoms with van der Waals surface area (Å²) in [5.74, 6) is -0.0997. The first kappa shape index (κ1) is 22.5. The van der Waals surface area contributed by atoms with Gasteiger partial charge in [-0.2, -0.15) is 4.31 Å². The molecule has 0 atom stereocenters. The molecule has 2 aliphatic rings. The molecule has 174 valence electrons. The molecule has 1 aromatic heterocycles. The summed E-state index contributed by atoms with van der Waals surface area (Å²) in [5.41, 5.74) is 1.29. The van der Waals surface area contributed by atoms with Crippen LogP contribution >= 0.6 is 22.9 Å². The normalized spacial score (nSPS) is 18.1. The SMILES string of the molecule is O=C(c1ccc(S(=O)(=O)N2CCOCC2)cc1)N1CCN(c2nc3c(Cl)cccc3s2)CC1. The molecule has 5 rings (SSSR count). The minimum atomic E-state index is -3.58. The van der Waals surface area contributed by atoms with E-state index in [1.807, 2.05) is 18.2 Å². The molecule has 0 bridgehead atoms. The van der Waals surface area contributed by atoms with Crippen molar-refractivity contribution >= 4 is 54.2 Å². The zero-order valence-electron chi connectivity index (χ0n) is 17.8. The van der Waals surface area contributed by atoms with Gasteiger partial charge in [0.1, 0.15) is 5.52 Å². The number of sulfonamides is 1. The van der Waals surface area contributed by atoms with Gasteiger partial charge in [0.25, 0.3) is 5.91 Å². The van der Waals surface area contributed by atoms with Crippen molar-refractivity contribution in [1.29, 1.82) is 0 Å². The van der Waals surface area contributed by atoms with Crippen LogP contribution in [-0.2, 0) is 14.8 Å². The van der Waals surface area contributed by atoms with E-state index in [0.29, 0.717) is 63.1 Å². The van der Waals surface area contributed by atoms with E-state index in [2.05, 4.69) is 9.88 Å². The molecule has 2 saturated heterocycles. The highest BCUT2D eigenvalue weighted by Crippen LogP contribution is 2.33. The molecule has 0 unspecified atom stereocenters. The fourth-order valence-corrected chi connectivity index (χ4v) is 6.75. The molecule has 3 heterocycles. The van der Waals surface area contributed by atoms with E-state index in [4.69, 9.17) is 16.3 Å². The van der Waals surface area contributed by atoms with E-state index in [0.717, 1.165) is 15.3 Å². The first-order valence-corrected chi connectivity index (χ1v) is 13.3. The van der Waals surface area contributed by atoms with Crippen molar-refractivity contribution in [2.45, 2.75) is 4.90 Å². The minimum absolute atomic E-state index is 0.0997. The molecule has 0 spiro atoms. The number of benzene rings is 2. The Morgan fingerprint density at radius 1 is 0.970 bits per heavy atom. The number of para-hydroxylation sites is 1. The number of nitrogens with zero attached hydrogens (tertiary/aromatic N) is 4. The molecule has 3 aromatic rings. The number of aromatic nitrogens is 1. The molecule has 8 nitrogen and oxygen atoms in total. The van der Waals surface area contributed by atoms with Gasteiger partial charge < -0.3 is 14.5 Å². The van der Waals surface area contributed by atoms with Crippen LogP contribution in [0.25, 0.3) is 10.2 Å². The summed E-state index contributed by atoms with van der Waals surface area (Å²) in [6.45, 7) is 3.95. The monoisotopic (exact) mass is 506 g/mol. The molecule has 2 aromatic carbocycles. The van der Waals surface area contributed by atoms with Crippen LogP contribution < -0.4 is 4.90 Å². The summed E-state index contributed by atoms with van der Waals surface area (Å²) < 4.78 is 33.3. The van der Waals surface area contributed by atoms with Crippen LogP contribution in [0.4, 0.5) is 5.13 Å². The lowest BCUT2D eigenvalue weighted by Gasteiger charge is -2.34. The van der Waals surface area contributed by atoms with E-state index < -0.39 is 10.0 Å². The molecular formula is C22H23ClN4O4S2. The Hall–Kier alpha value is -2.24. The number of rotatable bonds is 4. The van der Waals surface area contributed by atoms with Gasteiger partial charge in [-0.05, 0) is 36.4 Å². The van der Waals surface area contributed by atoms with Gasteiger partial charge in [0, 0.05) is 44.8 Å². The predicted molar refractivity (Wildman–Crippen MR) is 129 cm³/mol. The lowest BCUT2D eigenvalue weighted by molar-refractivity contribution is 0.0730. The summed E-state index contributed by atoms with van der Waals surface area (Å²) in [5, 5.41) is 1.55. The number of hydrogen-bond acceptors (Lipinski definition) is 7. The molecule has 11 heteroatoms. The van der Waals surface area contributed by atoms with Crippen molar-refractivity contribution in [3.8, 4) is 0 Å². The average molecular weight is 507 g/mol. The zero-order chi connectivity index (χ0) is 23.0. The molecule has 0 saturated carbocycles. The van der Waals surface area contributed by atoms with Crippen LogP contribution in [-0.4, -0.2) is 81.0 Å². The van der Waals surface area contributed by atoms with Crippen molar-refractivity contribution in [2.24, 2.45) is 0 Å². The number of thiazole rings is 1. The highest BCUT2D eigenvalue weighted by molar-refractivity contribution is 7.89.